The van der Waals surface area contributed by atoms with Crippen LogP contribution in [0.1, 0.15) is 8.35 Å². The summed E-state index contributed by atoms with van der Waals surface area (Å²) in [6, 6.07) is 9.84. The van der Waals surface area contributed by atoms with Crippen molar-refractivity contribution in [3.05, 3.63) is 30.3 Å². The number of benzene rings is 1. The number of rotatable bonds is 2. The quantitative estimate of drug-likeness (QED) is 0.341. The van der Waals surface area contributed by atoms with Crippen molar-refractivity contribution in [3.63, 3.8) is 0 Å². The summed E-state index contributed by atoms with van der Waals surface area (Å²) in [5.74, 6) is 0. The van der Waals surface area contributed by atoms with Gasteiger partial charge in [0.15, 0.2) is 0 Å². The second-order valence-electron chi connectivity index (χ2n) is 1.87. The van der Waals surface area contributed by atoms with Crippen molar-refractivity contribution in [3.8, 4) is 0 Å². The predicted molar refractivity (Wildman–Crippen MR) is 45.3 cm³/mol. The minimum absolute atomic E-state index is 0. The molecule has 0 saturated carbocycles. The normalized spacial score (nSPS) is 9.18. The summed E-state index contributed by atoms with van der Waals surface area (Å²) in [5, 5.41) is 3.87. The van der Waals surface area contributed by atoms with Gasteiger partial charge in [-0.25, -0.2) is 0 Å². The Hall–Kier alpha value is -0.310. The Morgan fingerprint density at radius 2 is 2.00 bits per heavy atom. The van der Waals surface area contributed by atoms with Gasteiger partial charge in [-0.1, -0.05) is 18.2 Å². The molecule has 0 heterocycles. The molecule has 1 rings (SSSR count). The van der Waals surface area contributed by atoms with E-state index in [-0.39, 0.29) is 31.0 Å². The van der Waals surface area contributed by atoms with E-state index in [0.717, 1.165) is 5.69 Å². The van der Waals surface area contributed by atoms with Gasteiger partial charge in [0.1, 0.15) is 0 Å². The van der Waals surface area contributed by atoms with Crippen LogP contribution >= 0.6 is 0 Å². The zero-order valence-corrected chi connectivity index (χ0v) is 8.91. The first-order valence-electron chi connectivity index (χ1n) is 3.22. The van der Waals surface area contributed by atoms with Gasteiger partial charge in [-0.15, -0.1) is 0 Å². The average Bonchev–Trinajstić information content (AvgIpc) is 2.03. The maximum atomic E-state index is 3.87. The molecule has 0 aliphatic carbocycles. The molecule has 1 N–H and O–H groups in total. The third-order valence-electron chi connectivity index (χ3n) is 1.10. The molecule has 0 aromatic heterocycles. The van der Waals surface area contributed by atoms with Crippen LogP contribution in [0.4, 0.5) is 5.69 Å². The summed E-state index contributed by atoms with van der Waals surface area (Å²) >= 11 is 0. The molecule has 3 heteroatoms. The zero-order chi connectivity index (χ0) is 7.23. The summed E-state index contributed by atoms with van der Waals surface area (Å²) in [5.41, 5.74) is 3.88. The molecule has 1 aromatic carbocycles. The predicted octanol–water partition coefficient (Wildman–Crippen LogP) is -0.779. The van der Waals surface area contributed by atoms with Crippen molar-refractivity contribution >= 4 is 11.9 Å². The van der Waals surface area contributed by atoms with Crippen molar-refractivity contribution in [1.82, 2.24) is 0 Å². The standard InChI is InChI=1S/C8H10N2.Na.H/c1-2-9-10-8-6-4-3-5-7-8;;/h2-7,10H,1H3;;/q;+1;-1. The Morgan fingerprint density at radius 1 is 1.36 bits per heavy atom. The number of hydrogen-bond donors (Lipinski definition) is 1. The van der Waals surface area contributed by atoms with Gasteiger partial charge in [0.25, 0.3) is 0 Å². The van der Waals surface area contributed by atoms with E-state index in [0.29, 0.717) is 0 Å². The van der Waals surface area contributed by atoms with Crippen LogP contribution in [0.5, 0.6) is 0 Å². The molecule has 0 saturated heterocycles. The van der Waals surface area contributed by atoms with Gasteiger partial charge < -0.3 is 1.43 Å². The van der Waals surface area contributed by atoms with Gasteiger partial charge in [0, 0.05) is 6.21 Å². The molecule has 2 nitrogen and oxygen atoms in total. The Bertz CT molecular complexity index is 214. The van der Waals surface area contributed by atoms with Gasteiger partial charge in [0.05, 0.1) is 5.69 Å². The van der Waals surface area contributed by atoms with Crippen molar-refractivity contribution in [1.29, 1.82) is 0 Å². The van der Waals surface area contributed by atoms with Crippen molar-refractivity contribution in [2.45, 2.75) is 6.92 Å². The van der Waals surface area contributed by atoms with Crippen LogP contribution in [0, 0.1) is 0 Å². The maximum Gasteiger partial charge on any atom is 1.00 e. The summed E-state index contributed by atoms with van der Waals surface area (Å²) in [7, 11) is 0. The van der Waals surface area contributed by atoms with Gasteiger partial charge in [0.2, 0.25) is 0 Å². The van der Waals surface area contributed by atoms with E-state index in [1.807, 2.05) is 37.3 Å². The summed E-state index contributed by atoms with van der Waals surface area (Å²) in [6.07, 6.45) is 1.72. The van der Waals surface area contributed by atoms with E-state index in [2.05, 4.69) is 10.5 Å². The molecule has 0 fully saturated rings. The van der Waals surface area contributed by atoms with E-state index in [1.165, 1.54) is 0 Å². The van der Waals surface area contributed by atoms with Gasteiger partial charge in [-0.2, -0.15) is 5.10 Å². The van der Waals surface area contributed by atoms with Crippen molar-refractivity contribution in [2.24, 2.45) is 5.10 Å². The molecule has 0 radical (unpaired) electrons. The number of hydrazone groups is 1. The third kappa shape index (κ3) is 4.19. The second kappa shape index (κ2) is 6.40. The minimum atomic E-state index is 0. The molecule has 0 bridgehead atoms. The largest absolute Gasteiger partial charge is 1.00 e. The van der Waals surface area contributed by atoms with E-state index in [9.17, 15) is 0 Å². The molecule has 0 amide bonds. The maximum absolute atomic E-state index is 3.87. The summed E-state index contributed by atoms with van der Waals surface area (Å²) < 4.78 is 0. The smallest absolute Gasteiger partial charge is 1.00 e. The van der Waals surface area contributed by atoms with Crippen LogP contribution < -0.4 is 35.0 Å². The van der Waals surface area contributed by atoms with Gasteiger partial charge in [-0.05, 0) is 19.1 Å². The third-order valence-corrected chi connectivity index (χ3v) is 1.10. The molecule has 11 heavy (non-hydrogen) atoms. The zero-order valence-electron chi connectivity index (χ0n) is 7.91. The average molecular weight is 158 g/mol. The van der Waals surface area contributed by atoms with E-state index >= 15 is 0 Å². The molecular formula is C8H11N2Na. The molecule has 1 aromatic rings. The number of para-hydroxylation sites is 1. The first kappa shape index (κ1) is 10.7. The van der Waals surface area contributed by atoms with Crippen LogP contribution in [-0.4, -0.2) is 6.21 Å². The number of nitrogens with one attached hydrogen (secondary N) is 1. The number of hydrogen-bond acceptors (Lipinski definition) is 2. The molecular weight excluding hydrogens is 147 g/mol. The molecule has 0 aliphatic rings. The Labute approximate surface area is 90.5 Å². The fourth-order valence-electron chi connectivity index (χ4n) is 0.652. The van der Waals surface area contributed by atoms with E-state index < -0.39 is 0 Å². The topological polar surface area (TPSA) is 24.4 Å². The number of anilines is 1. The van der Waals surface area contributed by atoms with Crippen LogP contribution in [0.15, 0.2) is 35.4 Å². The van der Waals surface area contributed by atoms with Crippen LogP contribution in [0.3, 0.4) is 0 Å². The van der Waals surface area contributed by atoms with Crippen molar-refractivity contribution in [2.75, 3.05) is 5.43 Å². The van der Waals surface area contributed by atoms with Gasteiger partial charge in [-0.3, -0.25) is 5.43 Å². The first-order valence-corrected chi connectivity index (χ1v) is 3.22. The minimum Gasteiger partial charge on any atom is -1.00 e. The molecule has 0 aliphatic heterocycles. The molecule has 0 unspecified atom stereocenters. The van der Waals surface area contributed by atoms with Gasteiger partial charge >= 0.3 is 29.6 Å². The second-order valence-corrected chi connectivity index (χ2v) is 1.87. The summed E-state index contributed by atoms with van der Waals surface area (Å²) in [4.78, 5) is 0. The SMILES string of the molecule is CC=NNc1ccccc1.[H-].[Na+]. The van der Waals surface area contributed by atoms with Crippen LogP contribution in [0.25, 0.3) is 0 Å². The Morgan fingerprint density at radius 3 is 2.55 bits per heavy atom. The monoisotopic (exact) mass is 158 g/mol. The van der Waals surface area contributed by atoms with Crippen LogP contribution in [0.2, 0.25) is 0 Å². The van der Waals surface area contributed by atoms with E-state index in [4.69, 9.17) is 0 Å². The summed E-state index contributed by atoms with van der Waals surface area (Å²) in [6.45, 7) is 1.87. The molecule has 0 atom stereocenters. The molecule has 0 spiro atoms. The van der Waals surface area contributed by atoms with Crippen LogP contribution in [-0.2, 0) is 0 Å². The fourth-order valence-corrected chi connectivity index (χ4v) is 0.652. The number of nitrogens with zero attached hydrogens (tertiary/aromatic N) is 1. The van der Waals surface area contributed by atoms with Crippen molar-refractivity contribution < 1.29 is 31.0 Å². The fraction of sp³-hybridized carbons (Fsp3) is 0.125. The first-order chi connectivity index (χ1) is 4.93. The Balaban J connectivity index is 0. The van der Waals surface area contributed by atoms with E-state index in [1.54, 1.807) is 6.21 Å². The molecule has 54 valence electrons. The Kier molecular flexibility index (Phi) is 6.22.